The molecule has 1 fully saturated rings. The Balaban J connectivity index is 0.000000250. The molecule has 0 amide bonds. The molecule has 1 heterocycles. The zero-order valence-corrected chi connectivity index (χ0v) is 6.11. The van der Waals surface area contributed by atoms with Crippen molar-refractivity contribution >= 4 is 11.8 Å². The zero-order valence-electron chi connectivity index (χ0n) is 3.74. The van der Waals surface area contributed by atoms with Gasteiger partial charge < -0.3 is 0 Å². The van der Waals surface area contributed by atoms with Crippen LogP contribution in [0.25, 0.3) is 0 Å². The molecule has 1 saturated heterocycles. The first-order chi connectivity index (χ1) is 2.50. The van der Waals surface area contributed by atoms with Crippen LogP contribution in [0.15, 0.2) is 0 Å². The molecule has 1 aliphatic heterocycles. The van der Waals surface area contributed by atoms with Crippen molar-refractivity contribution in [2.75, 3.05) is 11.5 Å². The second kappa shape index (κ2) is 4.23. The largest absolute Gasteiger partial charge is 3.00 e. The van der Waals surface area contributed by atoms with E-state index >= 15 is 0 Å². The Labute approximate surface area is 58.0 Å². The molecule has 0 saturated carbocycles. The fraction of sp³-hybridized carbons (Fsp3) is 1.00. The molecule has 0 aromatic rings. The van der Waals surface area contributed by atoms with Gasteiger partial charge in [-0.3, -0.25) is 0 Å². The van der Waals surface area contributed by atoms with E-state index in [9.17, 15) is 0 Å². The smallest absolute Gasteiger partial charge is 0.162 e. The van der Waals surface area contributed by atoms with Crippen LogP contribution < -0.4 is 0 Å². The predicted octanol–water partition coefficient (Wildman–Crippen LogP) is 1.51. The van der Waals surface area contributed by atoms with Gasteiger partial charge in [-0.15, -0.1) is 0 Å². The minimum absolute atomic E-state index is 0. The van der Waals surface area contributed by atoms with Gasteiger partial charge in [0.15, 0.2) is 0 Å². The molecular formula is C4H8STi+3. The van der Waals surface area contributed by atoms with Crippen molar-refractivity contribution in [1.29, 1.82) is 0 Å². The van der Waals surface area contributed by atoms with Gasteiger partial charge in [-0.1, -0.05) is 0 Å². The molecule has 0 atom stereocenters. The van der Waals surface area contributed by atoms with Gasteiger partial charge >= 0.3 is 21.7 Å². The van der Waals surface area contributed by atoms with Crippen LogP contribution in [-0.4, -0.2) is 11.5 Å². The molecule has 0 aromatic carbocycles. The molecule has 0 spiro atoms. The summed E-state index contributed by atoms with van der Waals surface area (Å²) in [5, 5.41) is 0. The van der Waals surface area contributed by atoms with E-state index in [1.807, 2.05) is 0 Å². The molecule has 0 bridgehead atoms. The van der Waals surface area contributed by atoms with E-state index in [2.05, 4.69) is 11.8 Å². The Bertz CT molecular complexity index is 19.1. The van der Waals surface area contributed by atoms with Gasteiger partial charge in [0.2, 0.25) is 0 Å². The molecule has 0 aromatic heterocycles. The van der Waals surface area contributed by atoms with Gasteiger partial charge in [0.1, 0.15) is 0 Å². The monoisotopic (exact) mass is 136 g/mol. The third kappa shape index (κ3) is 2.27. The quantitative estimate of drug-likeness (QED) is 0.455. The Morgan fingerprint density at radius 2 is 1.50 bits per heavy atom. The normalized spacial score (nSPS) is 20.0. The average molecular weight is 136 g/mol. The van der Waals surface area contributed by atoms with Crippen molar-refractivity contribution in [3.8, 4) is 0 Å². The van der Waals surface area contributed by atoms with E-state index in [4.69, 9.17) is 0 Å². The predicted molar refractivity (Wildman–Crippen MR) is 26.6 cm³/mol. The van der Waals surface area contributed by atoms with Gasteiger partial charge in [-0.25, -0.2) is 0 Å². The van der Waals surface area contributed by atoms with Gasteiger partial charge in [0.05, 0.1) is 0 Å². The topological polar surface area (TPSA) is 0 Å². The summed E-state index contributed by atoms with van der Waals surface area (Å²) in [6.07, 6.45) is 2.93. The van der Waals surface area contributed by atoms with Gasteiger partial charge in [-0.05, 0) is 24.3 Å². The molecule has 1 rings (SSSR count). The van der Waals surface area contributed by atoms with E-state index in [0.29, 0.717) is 0 Å². The van der Waals surface area contributed by atoms with E-state index in [-0.39, 0.29) is 21.7 Å². The third-order valence-corrected chi connectivity index (χ3v) is 1.98. The minimum Gasteiger partial charge on any atom is -0.162 e. The van der Waals surface area contributed by atoms with Crippen LogP contribution in [0.4, 0.5) is 0 Å². The summed E-state index contributed by atoms with van der Waals surface area (Å²) in [6.45, 7) is 0. The van der Waals surface area contributed by atoms with Crippen LogP contribution in [-0.2, 0) is 21.7 Å². The summed E-state index contributed by atoms with van der Waals surface area (Å²) >= 11 is 2.07. The number of hydrogen-bond donors (Lipinski definition) is 0. The van der Waals surface area contributed by atoms with Crippen LogP contribution >= 0.6 is 11.8 Å². The summed E-state index contributed by atoms with van der Waals surface area (Å²) < 4.78 is 0. The van der Waals surface area contributed by atoms with Crippen LogP contribution in [0, 0.1) is 0 Å². The van der Waals surface area contributed by atoms with Crippen LogP contribution in [0.1, 0.15) is 12.8 Å². The summed E-state index contributed by atoms with van der Waals surface area (Å²) in [6, 6.07) is 0. The number of hydrogen-bond acceptors (Lipinski definition) is 1. The molecule has 2 heteroatoms. The van der Waals surface area contributed by atoms with E-state index < -0.39 is 0 Å². The van der Waals surface area contributed by atoms with Crippen LogP contribution in [0.5, 0.6) is 0 Å². The van der Waals surface area contributed by atoms with Crippen molar-refractivity contribution in [2.24, 2.45) is 0 Å². The summed E-state index contributed by atoms with van der Waals surface area (Å²) in [5.74, 6) is 2.83. The SMILES string of the molecule is C1CCSC1.[Ti+3]. The van der Waals surface area contributed by atoms with Crippen molar-refractivity contribution in [2.45, 2.75) is 12.8 Å². The first kappa shape index (κ1) is 7.06. The average Bonchev–Trinajstić information content (AvgIpc) is 1.76. The van der Waals surface area contributed by atoms with Crippen molar-refractivity contribution in [3.63, 3.8) is 0 Å². The number of thioether (sulfide) groups is 1. The maximum Gasteiger partial charge on any atom is 3.00 e. The van der Waals surface area contributed by atoms with E-state index in [1.54, 1.807) is 0 Å². The first-order valence-corrected chi connectivity index (χ1v) is 3.23. The van der Waals surface area contributed by atoms with Crippen molar-refractivity contribution in [1.82, 2.24) is 0 Å². The maximum atomic E-state index is 2.07. The molecule has 0 nitrogen and oxygen atoms in total. The second-order valence-electron chi connectivity index (χ2n) is 1.32. The molecule has 31 valence electrons. The van der Waals surface area contributed by atoms with Gasteiger partial charge in [-0.2, -0.15) is 11.8 Å². The van der Waals surface area contributed by atoms with Crippen molar-refractivity contribution in [3.05, 3.63) is 0 Å². The molecule has 0 unspecified atom stereocenters. The van der Waals surface area contributed by atoms with Crippen LogP contribution in [0.2, 0.25) is 0 Å². The first-order valence-electron chi connectivity index (χ1n) is 2.08. The molecular weight excluding hydrogens is 128 g/mol. The zero-order chi connectivity index (χ0) is 3.54. The van der Waals surface area contributed by atoms with E-state index in [0.717, 1.165) is 0 Å². The summed E-state index contributed by atoms with van der Waals surface area (Å²) in [7, 11) is 0. The Morgan fingerprint density at radius 3 is 1.67 bits per heavy atom. The molecule has 0 aliphatic carbocycles. The Hall–Kier alpha value is 1.06. The van der Waals surface area contributed by atoms with Crippen LogP contribution in [0.3, 0.4) is 0 Å². The third-order valence-electron chi connectivity index (χ3n) is 0.827. The fourth-order valence-corrected chi connectivity index (χ4v) is 1.53. The summed E-state index contributed by atoms with van der Waals surface area (Å²) in [4.78, 5) is 0. The van der Waals surface area contributed by atoms with Gasteiger partial charge in [0, 0.05) is 0 Å². The number of rotatable bonds is 0. The summed E-state index contributed by atoms with van der Waals surface area (Å²) in [5.41, 5.74) is 0. The Morgan fingerprint density at radius 1 is 1.00 bits per heavy atom. The van der Waals surface area contributed by atoms with E-state index in [1.165, 1.54) is 24.3 Å². The second-order valence-corrected chi connectivity index (χ2v) is 2.54. The van der Waals surface area contributed by atoms with Crippen molar-refractivity contribution < 1.29 is 21.7 Å². The fourth-order valence-electron chi connectivity index (χ4n) is 0.510. The molecule has 1 aliphatic rings. The van der Waals surface area contributed by atoms with Gasteiger partial charge in [0.25, 0.3) is 0 Å². The molecule has 1 radical (unpaired) electrons. The molecule has 0 N–H and O–H groups in total. The molecule has 6 heavy (non-hydrogen) atoms. The minimum atomic E-state index is 0. The Kier molecular flexibility index (Phi) is 4.98. The standard InChI is InChI=1S/C4H8S.Ti/c1-2-4-5-3-1;/h1-4H2;/q;+3. The maximum absolute atomic E-state index is 2.07.